The molecule has 1 aromatic rings. The highest BCUT2D eigenvalue weighted by atomic mass is 32.1. The van der Waals surface area contributed by atoms with Crippen LogP contribution in [0.1, 0.15) is 24.6 Å². The second-order valence-corrected chi connectivity index (χ2v) is 7.45. The van der Waals surface area contributed by atoms with E-state index in [1.54, 1.807) is 6.92 Å². The Morgan fingerprint density at radius 3 is 2.59 bits per heavy atom. The van der Waals surface area contributed by atoms with Crippen LogP contribution in [-0.2, 0) is 11.2 Å². The van der Waals surface area contributed by atoms with Crippen LogP contribution >= 0.6 is 11.3 Å². The third kappa shape index (κ3) is 5.38. The fourth-order valence-corrected chi connectivity index (χ4v) is 3.78. The van der Waals surface area contributed by atoms with E-state index in [-0.39, 0.29) is 5.91 Å². The van der Waals surface area contributed by atoms with E-state index in [9.17, 15) is 4.79 Å². The summed E-state index contributed by atoms with van der Waals surface area (Å²) in [5, 5.41) is 2.15. The van der Waals surface area contributed by atoms with Gasteiger partial charge in [0.15, 0.2) is 0 Å². The first-order chi connectivity index (χ1) is 10.6. The third-order valence-corrected chi connectivity index (χ3v) is 5.38. The molecular weight excluding hydrogens is 294 g/mol. The van der Waals surface area contributed by atoms with Crippen LogP contribution in [0.3, 0.4) is 0 Å². The minimum absolute atomic E-state index is 0.221. The Bertz CT molecular complexity index is 439. The summed E-state index contributed by atoms with van der Waals surface area (Å²) in [6.07, 6.45) is 3.37. The predicted octanol–water partition coefficient (Wildman–Crippen LogP) is 2.17. The van der Waals surface area contributed by atoms with Gasteiger partial charge in [0, 0.05) is 50.6 Å². The smallest absolute Gasteiger partial charge is 0.219 e. The van der Waals surface area contributed by atoms with Crippen molar-refractivity contribution in [3.8, 4) is 0 Å². The lowest BCUT2D eigenvalue weighted by molar-refractivity contribution is -0.132. The zero-order chi connectivity index (χ0) is 15.9. The number of likely N-dealkylation sites (N-methyl/N-ethyl adjacent to an activating group) is 1. The monoisotopic (exact) mass is 323 g/mol. The molecule has 1 saturated heterocycles. The second kappa shape index (κ2) is 8.65. The van der Waals surface area contributed by atoms with Crippen molar-refractivity contribution in [1.82, 2.24) is 14.7 Å². The summed E-state index contributed by atoms with van der Waals surface area (Å²) < 4.78 is 0. The molecule has 1 aliphatic heterocycles. The van der Waals surface area contributed by atoms with E-state index in [0.717, 1.165) is 52.0 Å². The topological polar surface area (TPSA) is 26.8 Å². The first-order valence-electron chi connectivity index (χ1n) is 8.23. The molecule has 0 aliphatic carbocycles. The van der Waals surface area contributed by atoms with Gasteiger partial charge < -0.3 is 14.7 Å². The van der Waals surface area contributed by atoms with Gasteiger partial charge in [-0.3, -0.25) is 4.79 Å². The molecular formula is C17H29N3OS. The summed E-state index contributed by atoms with van der Waals surface area (Å²) in [5.41, 5.74) is 0. The van der Waals surface area contributed by atoms with Crippen LogP contribution in [0.5, 0.6) is 0 Å². The van der Waals surface area contributed by atoms with Crippen molar-refractivity contribution in [1.29, 1.82) is 0 Å². The summed E-state index contributed by atoms with van der Waals surface area (Å²) >= 11 is 1.85. The fourth-order valence-electron chi connectivity index (χ4n) is 3.08. The molecule has 0 N–H and O–H groups in total. The van der Waals surface area contributed by atoms with Crippen molar-refractivity contribution < 1.29 is 4.79 Å². The standard InChI is InChI=1S/C17H29N3OS/c1-15(21)20(13-12-18(2)3)16-6-9-19(10-7-16)11-8-17-5-4-14-22-17/h4-5,14,16H,6-13H2,1-3H3. The van der Waals surface area contributed by atoms with Gasteiger partial charge in [-0.2, -0.15) is 0 Å². The lowest BCUT2D eigenvalue weighted by Crippen LogP contribution is -2.48. The van der Waals surface area contributed by atoms with E-state index in [1.807, 2.05) is 11.3 Å². The van der Waals surface area contributed by atoms with E-state index in [4.69, 9.17) is 0 Å². The molecule has 2 rings (SSSR count). The fraction of sp³-hybridized carbons (Fsp3) is 0.706. The van der Waals surface area contributed by atoms with Crippen molar-refractivity contribution in [3.05, 3.63) is 22.4 Å². The Morgan fingerprint density at radius 1 is 1.32 bits per heavy atom. The molecule has 0 bridgehead atoms. The minimum Gasteiger partial charge on any atom is -0.339 e. The number of nitrogens with zero attached hydrogens (tertiary/aromatic N) is 3. The normalized spacial score (nSPS) is 17.1. The summed E-state index contributed by atoms with van der Waals surface area (Å²) in [6.45, 7) is 6.87. The van der Waals surface area contributed by atoms with E-state index < -0.39 is 0 Å². The molecule has 22 heavy (non-hydrogen) atoms. The summed E-state index contributed by atoms with van der Waals surface area (Å²) in [5.74, 6) is 0.221. The van der Waals surface area contributed by atoms with E-state index >= 15 is 0 Å². The first-order valence-corrected chi connectivity index (χ1v) is 9.11. The molecule has 1 aliphatic rings. The largest absolute Gasteiger partial charge is 0.339 e. The molecule has 1 amide bonds. The van der Waals surface area contributed by atoms with Gasteiger partial charge in [0.1, 0.15) is 0 Å². The van der Waals surface area contributed by atoms with Gasteiger partial charge in [0.25, 0.3) is 0 Å². The van der Waals surface area contributed by atoms with E-state index in [0.29, 0.717) is 6.04 Å². The van der Waals surface area contributed by atoms with Gasteiger partial charge in [-0.05, 0) is 44.8 Å². The van der Waals surface area contributed by atoms with Crippen molar-refractivity contribution >= 4 is 17.2 Å². The van der Waals surface area contributed by atoms with Gasteiger partial charge in [-0.15, -0.1) is 11.3 Å². The summed E-state index contributed by atoms with van der Waals surface area (Å²) in [7, 11) is 4.12. The molecule has 4 nitrogen and oxygen atoms in total. The van der Waals surface area contributed by atoms with Gasteiger partial charge in [0.2, 0.25) is 5.91 Å². The Morgan fingerprint density at radius 2 is 2.05 bits per heavy atom. The highest BCUT2D eigenvalue weighted by Crippen LogP contribution is 2.18. The lowest BCUT2D eigenvalue weighted by atomic mass is 10.0. The molecule has 1 fully saturated rings. The summed E-state index contributed by atoms with van der Waals surface area (Å²) in [4.78, 5) is 20.2. The molecule has 2 heterocycles. The van der Waals surface area contributed by atoms with Crippen molar-refractivity contribution in [2.75, 3.05) is 46.8 Å². The number of hydrogen-bond donors (Lipinski definition) is 0. The van der Waals surface area contributed by atoms with Crippen LogP contribution in [0.25, 0.3) is 0 Å². The zero-order valence-electron chi connectivity index (χ0n) is 14.1. The number of piperidine rings is 1. The Hall–Kier alpha value is -0.910. The Kier molecular flexibility index (Phi) is 6.86. The number of amides is 1. The van der Waals surface area contributed by atoms with Crippen LogP contribution in [-0.4, -0.2) is 73.5 Å². The quantitative estimate of drug-likeness (QED) is 0.769. The van der Waals surface area contributed by atoms with Gasteiger partial charge >= 0.3 is 0 Å². The molecule has 0 atom stereocenters. The zero-order valence-corrected chi connectivity index (χ0v) is 14.9. The number of carbonyl (C=O) groups is 1. The lowest BCUT2D eigenvalue weighted by Gasteiger charge is -2.38. The van der Waals surface area contributed by atoms with Crippen molar-refractivity contribution in [3.63, 3.8) is 0 Å². The van der Waals surface area contributed by atoms with Crippen LogP contribution in [0.2, 0.25) is 0 Å². The maximum atomic E-state index is 11.9. The molecule has 1 aromatic heterocycles. The minimum atomic E-state index is 0.221. The molecule has 0 spiro atoms. The number of carbonyl (C=O) groups excluding carboxylic acids is 1. The van der Waals surface area contributed by atoms with Gasteiger partial charge in [-0.25, -0.2) is 0 Å². The molecule has 0 aromatic carbocycles. The van der Waals surface area contributed by atoms with Crippen molar-refractivity contribution in [2.45, 2.75) is 32.2 Å². The third-order valence-electron chi connectivity index (χ3n) is 4.44. The molecule has 0 unspecified atom stereocenters. The van der Waals surface area contributed by atoms with Crippen molar-refractivity contribution in [2.24, 2.45) is 0 Å². The average Bonchev–Trinajstić information content (AvgIpc) is 2.99. The highest BCUT2D eigenvalue weighted by molar-refractivity contribution is 7.09. The van der Waals surface area contributed by atoms with Crippen LogP contribution in [0, 0.1) is 0 Å². The van der Waals surface area contributed by atoms with Crippen LogP contribution < -0.4 is 0 Å². The molecule has 124 valence electrons. The second-order valence-electron chi connectivity index (χ2n) is 6.42. The number of rotatable bonds is 7. The predicted molar refractivity (Wildman–Crippen MR) is 93.4 cm³/mol. The Labute approximate surface area is 138 Å². The highest BCUT2D eigenvalue weighted by Gasteiger charge is 2.25. The van der Waals surface area contributed by atoms with Gasteiger partial charge in [-0.1, -0.05) is 6.07 Å². The maximum Gasteiger partial charge on any atom is 0.219 e. The molecule has 0 radical (unpaired) electrons. The van der Waals surface area contributed by atoms with Crippen LogP contribution in [0.4, 0.5) is 0 Å². The molecule has 5 heteroatoms. The number of hydrogen-bond acceptors (Lipinski definition) is 4. The average molecular weight is 324 g/mol. The van der Waals surface area contributed by atoms with Gasteiger partial charge in [0.05, 0.1) is 0 Å². The SMILES string of the molecule is CC(=O)N(CCN(C)C)C1CCN(CCc2cccs2)CC1. The number of thiophene rings is 1. The van der Waals surface area contributed by atoms with E-state index in [1.165, 1.54) is 4.88 Å². The Balaban J connectivity index is 1.75. The van der Waals surface area contributed by atoms with E-state index in [2.05, 4.69) is 46.3 Å². The summed E-state index contributed by atoms with van der Waals surface area (Å²) in [6, 6.07) is 4.77. The number of likely N-dealkylation sites (tertiary alicyclic amines) is 1. The maximum absolute atomic E-state index is 11.9. The molecule has 0 saturated carbocycles. The van der Waals surface area contributed by atoms with Crippen LogP contribution in [0.15, 0.2) is 17.5 Å². The first kappa shape index (κ1) is 17.4.